The lowest BCUT2D eigenvalue weighted by molar-refractivity contribution is 0.654. The van der Waals surface area contributed by atoms with Crippen molar-refractivity contribution in [2.45, 2.75) is 27.2 Å². The maximum absolute atomic E-state index is 11.3. The van der Waals surface area contributed by atoms with Crippen LogP contribution in [0.15, 0.2) is 0 Å². The lowest BCUT2D eigenvalue weighted by Crippen LogP contribution is -2.13. The predicted molar refractivity (Wildman–Crippen MR) is 45.7 cm³/mol. The van der Waals surface area contributed by atoms with Crippen molar-refractivity contribution in [1.29, 1.82) is 4.78 Å². The predicted octanol–water partition coefficient (Wildman–Crippen LogP) is 2.10. The Hall–Kier alpha value is -0.0500. The average Bonchev–Trinajstić information content (AvgIpc) is 1.59. The van der Waals surface area contributed by atoms with Gasteiger partial charge in [-0.05, 0) is 12.3 Å². The summed E-state index contributed by atoms with van der Waals surface area (Å²) in [7, 11) is -2.23. The lowest BCUT2D eigenvalue weighted by atomic mass is 10.3. The van der Waals surface area contributed by atoms with E-state index in [0.717, 1.165) is 6.42 Å². The van der Waals surface area contributed by atoms with Gasteiger partial charge in [-0.2, -0.15) is 0 Å². The maximum Gasteiger partial charge on any atom is 0.0443 e. The molecule has 0 amide bonds. The van der Waals surface area contributed by atoms with Crippen LogP contribution in [0, 0.1) is 10.7 Å². The molecule has 1 N–H and O–H groups in total. The Morgan fingerprint density at radius 1 is 1.50 bits per heavy atom. The fourth-order valence-corrected chi connectivity index (χ4v) is 2.85. The van der Waals surface area contributed by atoms with E-state index in [2.05, 4.69) is 0 Å². The van der Waals surface area contributed by atoms with Crippen LogP contribution >= 0.6 is 0 Å². The molecule has 0 bridgehead atoms. The SMILES string of the molecule is CCCS(=N)(=O)CC(C)C. The molecule has 0 fully saturated rings. The van der Waals surface area contributed by atoms with E-state index in [0.29, 0.717) is 17.4 Å². The molecule has 0 rings (SSSR count). The zero-order chi connectivity index (χ0) is 8.20. The van der Waals surface area contributed by atoms with Gasteiger partial charge < -0.3 is 0 Å². The zero-order valence-electron chi connectivity index (χ0n) is 7.02. The molecule has 0 aromatic rings. The van der Waals surface area contributed by atoms with Crippen molar-refractivity contribution in [1.82, 2.24) is 0 Å². The molecule has 0 radical (unpaired) electrons. The Morgan fingerprint density at radius 3 is 2.30 bits per heavy atom. The molecule has 0 aliphatic heterocycles. The largest absolute Gasteiger partial charge is 0.253 e. The minimum atomic E-state index is -2.23. The van der Waals surface area contributed by atoms with Gasteiger partial charge in [-0.25, -0.2) is 4.21 Å². The molecule has 1 unspecified atom stereocenters. The van der Waals surface area contributed by atoms with Gasteiger partial charge in [-0.15, -0.1) is 0 Å². The molecule has 0 aromatic carbocycles. The van der Waals surface area contributed by atoms with Crippen LogP contribution in [-0.2, 0) is 9.73 Å². The first-order valence-corrected chi connectivity index (χ1v) is 5.61. The van der Waals surface area contributed by atoms with Crippen LogP contribution in [0.5, 0.6) is 0 Å². The first-order chi connectivity index (χ1) is 4.48. The molecule has 0 aliphatic rings. The van der Waals surface area contributed by atoms with Gasteiger partial charge in [0.15, 0.2) is 0 Å². The van der Waals surface area contributed by atoms with Gasteiger partial charge in [0.05, 0.1) is 0 Å². The minimum absolute atomic E-state index is 0.386. The molecule has 0 saturated heterocycles. The van der Waals surface area contributed by atoms with Crippen LogP contribution in [0.3, 0.4) is 0 Å². The zero-order valence-corrected chi connectivity index (χ0v) is 7.83. The standard InChI is InChI=1S/C7H17NOS/c1-4-5-10(8,9)6-7(2)3/h7-8H,4-6H2,1-3H3. The highest BCUT2D eigenvalue weighted by Gasteiger charge is 2.06. The topological polar surface area (TPSA) is 40.9 Å². The van der Waals surface area contributed by atoms with Gasteiger partial charge in [-0.1, -0.05) is 20.8 Å². The number of rotatable bonds is 4. The summed E-state index contributed by atoms with van der Waals surface area (Å²) in [5.41, 5.74) is 0. The fourth-order valence-electron chi connectivity index (χ4n) is 0.952. The van der Waals surface area contributed by atoms with Crippen LogP contribution in [0.25, 0.3) is 0 Å². The summed E-state index contributed by atoms with van der Waals surface area (Å²) in [6.45, 7) is 5.97. The molecular formula is C7H17NOS. The van der Waals surface area contributed by atoms with E-state index in [1.807, 2.05) is 20.8 Å². The lowest BCUT2D eigenvalue weighted by Gasteiger charge is -2.07. The summed E-state index contributed by atoms with van der Waals surface area (Å²) < 4.78 is 18.6. The van der Waals surface area contributed by atoms with Crippen molar-refractivity contribution in [3.63, 3.8) is 0 Å². The van der Waals surface area contributed by atoms with Crippen LogP contribution < -0.4 is 0 Å². The molecule has 0 heterocycles. The third-order valence-electron chi connectivity index (χ3n) is 1.14. The van der Waals surface area contributed by atoms with Crippen molar-refractivity contribution in [3.05, 3.63) is 0 Å². The van der Waals surface area contributed by atoms with Gasteiger partial charge in [0.2, 0.25) is 0 Å². The molecule has 0 aromatic heterocycles. The third-order valence-corrected chi connectivity index (χ3v) is 3.41. The third kappa shape index (κ3) is 4.79. The van der Waals surface area contributed by atoms with Gasteiger partial charge in [-0.3, -0.25) is 4.78 Å². The second kappa shape index (κ2) is 3.96. The number of nitrogens with one attached hydrogen (secondary N) is 1. The van der Waals surface area contributed by atoms with E-state index < -0.39 is 9.73 Å². The normalized spacial score (nSPS) is 17.2. The molecule has 62 valence electrons. The fraction of sp³-hybridized carbons (Fsp3) is 1.00. The second-order valence-corrected chi connectivity index (χ2v) is 5.44. The van der Waals surface area contributed by atoms with E-state index in [4.69, 9.17) is 4.78 Å². The highest BCUT2D eigenvalue weighted by atomic mass is 32.2. The van der Waals surface area contributed by atoms with Gasteiger partial charge >= 0.3 is 0 Å². The van der Waals surface area contributed by atoms with Crippen molar-refractivity contribution < 1.29 is 4.21 Å². The Morgan fingerprint density at radius 2 is 2.00 bits per heavy atom. The number of hydrogen-bond acceptors (Lipinski definition) is 2. The summed E-state index contributed by atoms with van der Waals surface area (Å²) in [4.78, 5) is 0. The van der Waals surface area contributed by atoms with E-state index in [1.54, 1.807) is 0 Å². The molecule has 0 spiro atoms. The molecule has 0 saturated carbocycles. The van der Waals surface area contributed by atoms with E-state index in [1.165, 1.54) is 0 Å². The van der Waals surface area contributed by atoms with Gasteiger partial charge in [0.25, 0.3) is 0 Å². The Bertz CT molecular complexity index is 170. The van der Waals surface area contributed by atoms with Crippen LogP contribution in [0.4, 0.5) is 0 Å². The molecular weight excluding hydrogens is 146 g/mol. The Kier molecular flexibility index (Phi) is 3.94. The van der Waals surface area contributed by atoms with Crippen molar-refractivity contribution >= 4 is 9.73 Å². The van der Waals surface area contributed by atoms with Crippen molar-refractivity contribution in [2.24, 2.45) is 5.92 Å². The summed E-state index contributed by atoms with van der Waals surface area (Å²) in [5.74, 6) is 1.50. The molecule has 1 atom stereocenters. The Labute approximate surface area is 64.0 Å². The number of hydrogen-bond donors (Lipinski definition) is 1. The Balaban J connectivity index is 3.89. The van der Waals surface area contributed by atoms with E-state index in [-0.39, 0.29) is 0 Å². The highest BCUT2D eigenvalue weighted by Crippen LogP contribution is 2.02. The van der Waals surface area contributed by atoms with E-state index >= 15 is 0 Å². The minimum Gasteiger partial charge on any atom is -0.253 e. The first kappa shape index (κ1) is 9.95. The van der Waals surface area contributed by atoms with Crippen molar-refractivity contribution in [3.8, 4) is 0 Å². The van der Waals surface area contributed by atoms with E-state index in [9.17, 15) is 4.21 Å². The summed E-state index contributed by atoms with van der Waals surface area (Å²) in [6, 6.07) is 0. The quantitative estimate of drug-likeness (QED) is 0.677. The second-order valence-electron chi connectivity index (χ2n) is 3.08. The van der Waals surface area contributed by atoms with Crippen molar-refractivity contribution in [2.75, 3.05) is 11.5 Å². The monoisotopic (exact) mass is 163 g/mol. The smallest absolute Gasteiger partial charge is 0.0443 e. The molecule has 0 aliphatic carbocycles. The molecule has 10 heavy (non-hydrogen) atoms. The summed E-state index contributed by atoms with van der Waals surface area (Å²) in [6.07, 6.45) is 0.856. The molecule has 3 heteroatoms. The van der Waals surface area contributed by atoms with Crippen LogP contribution in [-0.4, -0.2) is 15.7 Å². The van der Waals surface area contributed by atoms with Gasteiger partial charge in [0, 0.05) is 21.2 Å². The molecule has 2 nitrogen and oxygen atoms in total. The van der Waals surface area contributed by atoms with Crippen LogP contribution in [0.1, 0.15) is 27.2 Å². The maximum atomic E-state index is 11.3. The average molecular weight is 163 g/mol. The highest BCUT2D eigenvalue weighted by molar-refractivity contribution is 7.92. The van der Waals surface area contributed by atoms with Gasteiger partial charge in [0.1, 0.15) is 0 Å². The first-order valence-electron chi connectivity index (χ1n) is 3.72. The van der Waals surface area contributed by atoms with Crippen LogP contribution in [0.2, 0.25) is 0 Å². The summed E-state index contributed by atoms with van der Waals surface area (Å²) >= 11 is 0. The summed E-state index contributed by atoms with van der Waals surface area (Å²) in [5, 5.41) is 0.